The quantitative estimate of drug-likeness (QED) is 0.158. The Hall–Kier alpha value is -4.16. The first-order valence-corrected chi connectivity index (χ1v) is 19.5. The number of ether oxygens (including phenoxy) is 1. The van der Waals surface area contributed by atoms with Gasteiger partial charge in [0.2, 0.25) is 0 Å². The highest BCUT2D eigenvalue weighted by Crippen LogP contribution is 2.46. The minimum atomic E-state index is -0.882. The van der Waals surface area contributed by atoms with Crippen LogP contribution in [0.4, 0.5) is 0 Å². The van der Waals surface area contributed by atoms with Crippen LogP contribution in [0.2, 0.25) is 0 Å². The smallest absolute Gasteiger partial charge is 0.335 e. The molecule has 0 radical (unpaired) electrons. The van der Waals surface area contributed by atoms with Crippen LogP contribution in [-0.4, -0.2) is 52.3 Å². The SMILES string of the molecule is CCCC1CCCN(CC)C1.CCCn1c(-c2ccc3nc(-c4ccc(OC)cc4)ccc3c2C)c(C2CCCCC2)c2ccc(C(=O)O)cc21. The lowest BCUT2D eigenvalue weighted by molar-refractivity contribution is 0.0697. The van der Waals surface area contributed by atoms with Gasteiger partial charge in [0.05, 0.1) is 29.6 Å². The van der Waals surface area contributed by atoms with Crippen LogP contribution in [-0.2, 0) is 6.54 Å². The number of rotatable bonds is 10. The first-order chi connectivity index (χ1) is 24.9. The van der Waals surface area contributed by atoms with Gasteiger partial charge in [-0.25, -0.2) is 9.78 Å². The Morgan fingerprint density at radius 3 is 2.33 bits per heavy atom. The maximum Gasteiger partial charge on any atom is 0.335 e. The molecular formula is C45H57N3O3. The van der Waals surface area contributed by atoms with Crippen molar-refractivity contribution in [3.63, 3.8) is 0 Å². The van der Waals surface area contributed by atoms with Gasteiger partial charge in [-0.2, -0.15) is 0 Å². The summed E-state index contributed by atoms with van der Waals surface area (Å²) in [7, 11) is 1.67. The molecule has 2 fully saturated rings. The average molecular weight is 688 g/mol. The van der Waals surface area contributed by atoms with Crippen molar-refractivity contribution in [2.45, 2.75) is 104 Å². The minimum absolute atomic E-state index is 0.342. The van der Waals surface area contributed by atoms with Crippen LogP contribution >= 0.6 is 0 Å². The second-order valence-corrected chi connectivity index (χ2v) is 14.7. The van der Waals surface area contributed by atoms with Gasteiger partial charge in [0, 0.05) is 40.5 Å². The molecule has 1 N–H and O–H groups in total. The van der Waals surface area contributed by atoms with E-state index in [0.717, 1.165) is 52.3 Å². The number of hydrogen-bond donors (Lipinski definition) is 1. The number of methoxy groups -OCH3 is 1. The number of hydrogen-bond acceptors (Lipinski definition) is 4. The molecular weight excluding hydrogens is 631 g/mol. The van der Waals surface area contributed by atoms with Gasteiger partial charge in [-0.15, -0.1) is 0 Å². The Morgan fingerprint density at radius 2 is 1.65 bits per heavy atom. The van der Waals surface area contributed by atoms with E-state index in [2.05, 4.69) is 67.5 Å². The monoisotopic (exact) mass is 687 g/mol. The van der Waals surface area contributed by atoms with E-state index < -0.39 is 5.97 Å². The zero-order chi connectivity index (χ0) is 35.9. The zero-order valence-electron chi connectivity index (χ0n) is 31.5. The highest BCUT2D eigenvalue weighted by atomic mass is 16.5. The van der Waals surface area contributed by atoms with Crippen molar-refractivity contribution in [3.05, 3.63) is 83.4 Å². The summed E-state index contributed by atoms with van der Waals surface area (Å²) in [6, 6.07) is 22.4. The van der Waals surface area contributed by atoms with Crippen molar-refractivity contribution < 1.29 is 14.6 Å². The lowest BCUT2D eigenvalue weighted by atomic mass is 9.81. The van der Waals surface area contributed by atoms with E-state index in [1.165, 1.54) is 105 Å². The zero-order valence-corrected chi connectivity index (χ0v) is 31.5. The van der Waals surface area contributed by atoms with Gasteiger partial charge in [0.15, 0.2) is 0 Å². The predicted molar refractivity (Wildman–Crippen MR) is 212 cm³/mol. The third kappa shape index (κ3) is 8.02. The summed E-state index contributed by atoms with van der Waals surface area (Å²) in [5.74, 6) is 1.43. The summed E-state index contributed by atoms with van der Waals surface area (Å²) in [4.78, 5) is 19.5. The molecule has 6 heteroatoms. The fourth-order valence-corrected chi connectivity index (χ4v) is 8.67. The number of pyridine rings is 1. The lowest BCUT2D eigenvalue weighted by Crippen LogP contribution is -2.34. The Bertz CT molecular complexity index is 1930. The number of fused-ring (bicyclic) bond motifs is 2. The third-order valence-corrected chi connectivity index (χ3v) is 11.3. The second-order valence-electron chi connectivity index (χ2n) is 14.7. The fourth-order valence-electron chi connectivity index (χ4n) is 8.67. The molecule has 1 unspecified atom stereocenters. The molecule has 270 valence electrons. The maximum atomic E-state index is 11.9. The molecule has 5 aromatic rings. The van der Waals surface area contributed by atoms with E-state index in [-0.39, 0.29) is 0 Å². The third-order valence-electron chi connectivity index (χ3n) is 11.3. The number of benzene rings is 3. The van der Waals surface area contributed by atoms with Crippen molar-refractivity contribution in [2.24, 2.45) is 5.92 Å². The second kappa shape index (κ2) is 16.9. The molecule has 1 atom stereocenters. The van der Waals surface area contributed by atoms with Gasteiger partial charge in [-0.1, -0.05) is 64.7 Å². The number of carboxylic acids is 1. The summed E-state index contributed by atoms with van der Waals surface area (Å²) in [6.07, 6.45) is 12.8. The predicted octanol–water partition coefficient (Wildman–Crippen LogP) is 11.5. The molecule has 51 heavy (non-hydrogen) atoms. The largest absolute Gasteiger partial charge is 0.497 e. The number of aryl methyl sites for hydroxylation is 2. The average Bonchev–Trinajstić information content (AvgIpc) is 3.48. The van der Waals surface area contributed by atoms with Crippen LogP contribution < -0.4 is 4.74 Å². The number of nitrogens with zero attached hydrogens (tertiary/aromatic N) is 3. The van der Waals surface area contributed by atoms with Crippen LogP contribution in [0.3, 0.4) is 0 Å². The first kappa shape index (κ1) is 36.6. The van der Waals surface area contributed by atoms with Crippen molar-refractivity contribution in [1.82, 2.24) is 14.5 Å². The molecule has 1 saturated heterocycles. The molecule has 0 amide bonds. The molecule has 6 nitrogen and oxygen atoms in total. The summed E-state index contributed by atoms with van der Waals surface area (Å²) in [6.45, 7) is 13.8. The molecule has 7 rings (SSSR count). The Balaban J connectivity index is 0.000000349. The highest BCUT2D eigenvalue weighted by molar-refractivity contribution is 6.00. The van der Waals surface area contributed by atoms with Gasteiger partial charge < -0.3 is 19.3 Å². The van der Waals surface area contributed by atoms with Crippen molar-refractivity contribution in [1.29, 1.82) is 0 Å². The van der Waals surface area contributed by atoms with Crippen LogP contribution in [0.15, 0.2) is 66.7 Å². The minimum Gasteiger partial charge on any atom is -0.497 e. The molecule has 3 heterocycles. The topological polar surface area (TPSA) is 67.6 Å². The summed E-state index contributed by atoms with van der Waals surface area (Å²) < 4.78 is 7.70. The van der Waals surface area contributed by atoms with Gasteiger partial charge in [-0.3, -0.25) is 0 Å². The summed E-state index contributed by atoms with van der Waals surface area (Å²) in [5.41, 5.74) is 9.41. The standard InChI is InChI=1S/C35H36N2O3.C10H21N/c1-4-20-37-32-21-25(35(38)39)12-15-29(32)33(24-8-6-5-7-9-24)34(37)28-17-19-31-27(22(28)2)16-18-30(36-31)23-10-13-26(40-3)14-11-23;1-3-6-10-7-5-8-11(4-2)9-10/h10-19,21,24H,4-9,20H2,1-3H3,(H,38,39);10H,3-9H2,1-2H3. The number of likely N-dealkylation sites (tertiary alicyclic amines) is 1. The number of aromatic nitrogens is 2. The Labute approximate surface area is 304 Å². The number of carboxylic acid groups (broad SMARTS) is 1. The van der Waals surface area contributed by atoms with Crippen LogP contribution in [0.5, 0.6) is 5.75 Å². The first-order valence-electron chi connectivity index (χ1n) is 19.5. The Morgan fingerprint density at radius 1 is 0.882 bits per heavy atom. The lowest BCUT2D eigenvalue weighted by Gasteiger charge is -2.31. The van der Waals surface area contributed by atoms with E-state index in [0.29, 0.717) is 11.5 Å². The number of piperidine rings is 1. The van der Waals surface area contributed by atoms with Crippen LogP contribution in [0.25, 0.3) is 44.3 Å². The summed E-state index contributed by atoms with van der Waals surface area (Å²) in [5, 5.41) is 12.1. The van der Waals surface area contributed by atoms with E-state index in [1.807, 2.05) is 30.3 Å². The van der Waals surface area contributed by atoms with Gasteiger partial charge >= 0.3 is 5.97 Å². The van der Waals surface area contributed by atoms with Crippen molar-refractivity contribution >= 4 is 27.8 Å². The molecule has 3 aromatic carbocycles. The molecule has 1 saturated carbocycles. The highest BCUT2D eigenvalue weighted by Gasteiger charge is 2.28. The van der Waals surface area contributed by atoms with Crippen molar-refractivity contribution in [2.75, 3.05) is 26.7 Å². The van der Waals surface area contributed by atoms with E-state index in [1.54, 1.807) is 13.2 Å². The summed E-state index contributed by atoms with van der Waals surface area (Å²) >= 11 is 0. The molecule has 2 aliphatic rings. The Kier molecular flexibility index (Phi) is 12.1. The van der Waals surface area contributed by atoms with E-state index in [4.69, 9.17) is 9.72 Å². The van der Waals surface area contributed by atoms with Crippen LogP contribution in [0, 0.1) is 12.8 Å². The number of aromatic carboxylic acids is 1. The van der Waals surface area contributed by atoms with E-state index >= 15 is 0 Å². The molecule has 0 bridgehead atoms. The normalized spacial score (nSPS) is 17.0. The fraction of sp³-hybridized carbons (Fsp3) is 0.467. The van der Waals surface area contributed by atoms with Gasteiger partial charge in [-0.05, 0) is 130 Å². The maximum absolute atomic E-state index is 11.9. The van der Waals surface area contributed by atoms with Crippen LogP contribution in [0.1, 0.15) is 112 Å². The molecule has 1 aliphatic carbocycles. The number of carbonyl (C=O) groups is 1. The molecule has 0 spiro atoms. The molecule has 2 aromatic heterocycles. The van der Waals surface area contributed by atoms with E-state index in [9.17, 15) is 9.90 Å². The van der Waals surface area contributed by atoms with Gasteiger partial charge in [0.1, 0.15) is 5.75 Å². The van der Waals surface area contributed by atoms with Gasteiger partial charge in [0.25, 0.3) is 0 Å². The van der Waals surface area contributed by atoms with Crippen molar-refractivity contribution in [3.8, 4) is 28.3 Å². The molecule has 1 aliphatic heterocycles.